The summed E-state index contributed by atoms with van der Waals surface area (Å²) in [5.74, 6) is 1.70. The number of pyridine rings is 2. The predicted octanol–water partition coefficient (Wildman–Crippen LogP) is 3.05. The molecule has 88 valence electrons. The SMILES string of the molecule is CNc1ncccc1N(C)c1cc(Br)ccn1. The van der Waals surface area contributed by atoms with Crippen LogP contribution in [0.15, 0.2) is 41.1 Å². The normalized spacial score (nSPS) is 10.1. The van der Waals surface area contributed by atoms with Crippen LogP contribution in [0.3, 0.4) is 0 Å². The molecule has 2 rings (SSSR count). The van der Waals surface area contributed by atoms with Crippen LogP contribution < -0.4 is 10.2 Å². The van der Waals surface area contributed by atoms with Crippen molar-refractivity contribution in [1.29, 1.82) is 0 Å². The molecule has 0 atom stereocenters. The lowest BCUT2D eigenvalue weighted by Crippen LogP contribution is -2.13. The van der Waals surface area contributed by atoms with Gasteiger partial charge in [0.2, 0.25) is 0 Å². The highest BCUT2D eigenvalue weighted by molar-refractivity contribution is 9.10. The van der Waals surface area contributed by atoms with Gasteiger partial charge in [0.15, 0.2) is 0 Å². The van der Waals surface area contributed by atoms with Crippen molar-refractivity contribution in [2.75, 3.05) is 24.3 Å². The Bertz CT molecular complexity index is 515. The van der Waals surface area contributed by atoms with Crippen molar-refractivity contribution in [1.82, 2.24) is 9.97 Å². The first-order valence-corrected chi connectivity index (χ1v) is 5.99. The standard InChI is InChI=1S/C12H13BrN4/c1-14-12-10(4-3-6-16-12)17(2)11-8-9(13)5-7-15-11/h3-8H,1-2H3,(H,14,16). The Hall–Kier alpha value is -1.62. The molecule has 0 amide bonds. The van der Waals surface area contributed by atoms with E-state index < -0.39 is 0 Å². The van der Waals surface area contributed by atoms with E-state index >= 15 is 0 Å². The summed E-state index contributed by atoms with van der Waals surface area (Å²) in [6.45, 7) is 0. The van der Waals surface area contributed by atoms with Crippen LogP contribution in [0.1, 0.15) is 0 Å². The van der Waals surface area contributed by atoms with E-state index in [0.717, 1.165) is 21.8 Å². The molecule has 0 unspecified atom stereocenters. The molecule has 0 radical (unpaired) electrons. The molecule has 2 heterocycles. The summed E-state index contributed by atoms with van der Waals surface area (Å²) < 4.78 is 1.00. The summed E-state index contributed by atoms with van der Waals surface area (Å²) in [4.78, 5) is 10.6. The van der Waals surface area contributed by atoms with E-state index in [-0.39, 0.29) is 0 Å². The minimum Gasteiger partial charge on any atom is -0.371 e. The zero-order valence-corrected chi connectivity index (χ0v) is 11.3. The molecule has 1 N–H and O–H groups in total. The summed E-state index contributed by atoms with van der Waals surface area (Å²) in [5, 5.41) is 3.07. The van der Waals surface area contributed by atoms with Crippen molar-refractivity contribution >= 4 is 33.3 Å². The first kappa shape index (κ1) is 11.9. The van der Waals surface area contributed by atoms with E-state index in [4.69, 9.17) is 0 Å². The molecule has 5 heteroatoms. The average Bonchev–Trinajstić information content (AvgIpc) is 2.38. The largest absolute Gasteiger partial charge is 0.371 e. The molecule has 17 heavy (non-hydrogen) atoms. The van der Waals surface area contributed by atoms with E-state index in [1.54, 1.807) is 12.4 Å². The van der Waals surface area contributed by atoms with Crippen LogP contribution in [-0.4, -0.2) is 24.1 Å². The minimum atomic E-state index is 0.830. The maximum absolute atomic E-state index is 4.33. The average molecular weight is 293 g/mol. The number of aromatic nitrogens is 2. The third-order valence-electron chi connectivity index (χ3n) is 2.44. The van der Waals surface area contributed by atoms with Gasteiger partial charge in [-0.15, -0.1) is 0 Å². The topological polar surface area (TPSA) is 41.1 Å². The molecule has 0 saturated heterocycles. The van der Waals surface area contributed by atoms with Gasteiger partial charge < -0.3 is 10.2 Å². The third-order valence-corrected chi connectivity index (χ3v) is 2.93. The monoisotopic (exact) mass is 292 g/mol. The summed E-state index contributed by atoms with van der Waals surface area (Å²) in [6, 6.07) is 7.78. The lowest BCUT2D eigenvalue weighted by Gasteiger charge is -2.20. The minimum absolute atomic E-state index is 0.830. The molecular formula is C12H13BrN4. The van der Waals surface area contributed by atoms with Gasteiger partial charge in [-0.2, -0.15) is 0 Å². The van der Waals surface area contributed by atoms with Gasteiger partial charge in [-0.25, -0.2) is 9.97 Å². The van der Waals surface area contributed by atoms with Gasteiger partial charge in [-0.05, 0) is 24.3 Å². The predicted molar refractivity (Wildman–Crippen MR) is 73.8 cm³/mol. The maximum Gasteiger partial charge on any atom is 0.149 e. The first-order valence-electron chi connectivity index (χ1n) is 5.20. The van der Waals surface area contributed by atoms with Crippen molar-refractivity contribution < 1.29 is 0 Å². The molecular weight excluding hydrogens is 280 g/mol. The van der Waals surface area contributed by atoms with Crippen molar-refractivity contribution in [3.63, 3.8) is 0 Å². The number of hydrogen-bond donors (Lipinski definition) is 1. The third kappa shape index (κ3) is 2.55. The molecule has 0 spiro atoms. The molecule has 2 aromatic heterocycles. The lowest BCUT2D eigenvalue weighted by atomic mass is 10.3. The van der Waals surface area contributed by atoms with Crippen LogP contribution in [-0.2, 0) is 0 Å². The second-order valence-corrected chi connectivity index (χ2v) is 4.43. The Morgan fingerprint density at radius 1 is 1.24 bits per heavy atom. The van der Waals surface area contributed by atoms with Crippen molar-refractivity contribution in [3.05, 3.63) is 41.1 Å². The van der Waals surface area contributed by atoms with Crippen LogP contribution in [0.4, 0.5) is 17.3 Å². The summed E-state index contributed by atoms with van der Waals surface area (Å²) >= 11 is 3.44. The second-order valence-electron chi connectivity index (χ2n) is 3.51. The maximum atomic E-state index is 4.33. The van der Waals surface area contributed by atoms with E-state index in [1.165, 1.54) is 0 Å². The Kier molecular flexibility index (Phi) is 3.58. The van der Waals surface area contributed by atoms with Crippen molar-refractivity contribution in [2.24, 2.45) is 0 Å². The second kappa shape index (κ2) is 5.14. The number of nitrogens with one attached hydrogen (secondary N) is 1. The number of hydrogen-bond acceptors (Lipinski definition) is 4. The molecule has 2 aromatic rings. The summed E-state index contributed by atoms with van der Waals surface area (Å²) in [5.41, 5.74) is 0.987. The zero-order chi connectivity index (χ0) is 12.3. The molecule has 0 aromatic carbocycles. The fraction of sp³-hybridized carbons (Fsp3) is 0.167. The van der Waals surface area contributed by atoms with E-state index in [9.17, 15) is 0 Å². The van der Waals surface area contributed by atoms with Crippen LogP contribution >= 0.6 is 15.9 Å². The zero-order valence-electron chi connectivity index (χ0n) is 9.68. The van der Waals surface area contributed by atoms with Gasteiger partial charge in [0.25, 0.3) is 0 Å². The van der Waals surface area contributed by atoms with Crippen LogP contribution in [0.2, 0.25) is 0 Å². The van der Waals surface area contributed by atoms with E-state index in [2.05, 4.69) is 31.2 Å². The van der Waals surface area contributed by atoms with Gasteiger partial charge >= 0.3 is 0 Å². The highest BCUT2D eigenvalue weighted by Crippen LogP contribution is 2.28. The van der Waals surface area contributed by atoms with Crippen molar-refractivity contribution in [3.8, 4) is 0 Å². The van der Waals surface area contributed by atoms with Crippen molar-refractivity contribution in [2.45, 2.75) is 0 Å². The quantitative estimate of drug-likeness (QED) is 0.944. The molecule has 0 aliphatic heterocycles. The Labute approximate surface area is 109 Å². The summed E-state index contributed by atoms with van der Waals surface area (Å²) in [7, 11) is 3.82. The van der Waals surface area contributed by atoms with Gasteiger partial charge in [0, 0.05) is 31.0 Å². The van der Waals surface area contributed by atoms with Crippen LogP contribution in [0.25, 0.3) is 0 Å². The highest BCUT2D eigenvalue weighted by Gasteiger charge is 2.10. The van der Waals surface area contributed by atoms with Crippen LogP contribution in [0.5, 0.6) is 0 Å². The van der Waals surface area contributed by atoms with Gasteiger partial charge in [-0.3, -0.25) is 0 Å². The molecule has 0 fully saturated rings. The van der Waals surface area contributed by atoms with Gasteiger partial charge in [0.05, 0.1) is 5.69 Å². The number of nitrogens with zero attached hydrogens (tertiary/aromatic N) is 3. The van der Waals surface area contributed by atoms with E-state index in [1.807, 2.05) is 43.3 Å². The number of anilines is 3. The summed E-state index contributed by atoms with van der Waals surface area (Å²) in [6.07, 6.45) is 3.53. The molecule has 0 saturated carbocycles. The smallest absolute Gasteiger partial charge is 0.149 e. The molecule has 0 bridgehead atoms. The highest BCUT2D eigenvalue weighted by atomic mass is 79.9. The Morgan fingerprint density at radius 3 is 2.76 bits per heavy atom. The van der Waals surface area contributed by atoms with Gasteiger partial charge in [-0.1, -0.05) is 15.9 Å². The lowest BCUT2D eigenvalue weighted by molar-refractivity contribution is 1.11. The first-order chi connectivity index (χ1) is 8.22. The fourth-order valence-corrected chi connectivity index (χ4v) is 1.88. The Balaban J connectivity index is 2.40. The van der Waals surface area contributed by atoms with E-state index in [0.29, 0.717) is 0 Å². The molecule has 0 aliphatic rings. The molecule has 4 nitrogen and oxygen atoms in total. The number of halogens is 1. The Morgan fingerprint density at radius 2 is 2.06 bits per heavy atom. The van der Waals surface area contributed by atoms with Crippen LogP contribution in [0, 0.1) is 0 Å². The van der Waals surface area contributed by atoms with Gasteiger partial charge in [0.1, 0.15) is 11.6 Å². The fourth-order valence-electron chi connectivity index (χ4n) is 1.56. The number of rotatable bonds is 3. The molecule has 0 aliphatic carbocycles.